The molecule has 2 aromatic rings. The minimum Gasteiger partial charge on any atom is -0.484 e. The Bertz CT molecular complexity index is 679. The van der Waals surface area contributed by atoms with E-state index in [4.69, 9.17) is 10.00 Å². The summed E-state index contributed by atoms with van der Waals surface area (Å²) in [4.78, 5) is 15.3. The van der Waals surface area contributed by atoms with Crippen LogP contribution in [0, 0.1) is 11.3 Å². The van der Waals surface area contributed by atoms with Crippen molar-refractivity contribution in [1.82, 2.24) is 10.3 Å². The molecule has 2 rings (SSSR count). The Labute approximate surface area is 122 Å². The van der Waals surface area contributed by atoms with Crippen LogP contribution in [0.3, 0.4) is 0 Å². The molecule has 0 atom stereocenters. The number of likely N-dealkylation sites (N-methyl/N-ethyl adjacent to an activating group) is 1. The zero-order valence-corrected chi connectivity index (χ0v) is 11.5. The first-order valence-electron chi connectivity index (χ1n) is 6.28. The molecule has 0 saturated carbocycles. The molecule has 1 heterocycles. The molecule has 2 N–H and O–H groups in total. The average Bonchev–Trinajstić information content (AvgIpc) is 2.53. The second kappa shape index (κ2) is 6.91. The van der Waals surface area contributed by atoms with Crippen molar-refractivity contribution in [2.45, 2.75) is 0 Å². The van der Waals surface area contributed by atoms with Crippen molar-refractivity contribution < 1.29 is 9.53 Å². The van der Waals surface area contributed by atoms with Gasteiger partial charge in [-0.05, 0) is 24.3 Å². The van der Waals surface area contributed by atoms with Crippen LogP contribution < -0.4 is 15.4 Å². The fourth-order valence-electron chi connectivity index (χ4n) is 1.60. The van der Waals surface area contributed by atoms with Gasteiger partial charge in [-0.15, -0.1) is 0 Å². The summed E-state index contributed by atoms with van der Waals surface area (Å²) in [6, 6.07) is 12.5. The van der Waals surface area contributed by atoms with E-state index in [1.807, 2.05) is 6.07 Å². The summed E-state index contributed by atoms with van der Waals surface area (Å²) >= 11 is 0. The number of amides is 1. The second-order valence-electron chi connectivity index (χ2n) is 4.16. The van der Waals surface area contributed by atoms with Crippen molar-refractivity contribution in [2.75, 3.05) is 19.0 Å². The van der Waals surface area contributed by atoms with Gasteiger partial charge in [-0.25, -0.2) is 4.98 Å². The van der Waals surface area contributed by atoms with Crippen LogP contribution in [0.5, 0.6) is 5.75 Å². The summed E-state index contributed by atoms with van der Waals surface area (Å²) < 4.78 is 5.36. The minimum atomic E-state index is -0.197. The Hall–Kier alpha value is -3.07. The number of ether oxygens (including phenoxy) is 1. The van der Waals surface area contributed by atoms with Crippen molar-refractivity contribution in [3.8, 4) is 11.8 Å². The smallest absolute Gasteiger partial charge is 0.257 e. The molecule has 21 heavy (non-hydrogen) atoms. The van der Waals surface area contributed by atoms with Gasteiger partial charge in [0.25, 0.3) is 5.91 Å². The van der Waals surface area contributed by atoms with Gasteiger partial charge in [0.1, 0.15) is 11.6 Å². The second-order valence-corrected chi connectivity index (χ2v) is 4.16. The molecule has 6 heteroatoms. The predicted octanol–water partition coefficient (Wildman–Crippen LogP) is 1.82. The van der Waals surface area contributed by atoms with E-state index in [0.717, 1.165) is 5.69 Å². The molecule has 0 unspecified atom stereocenters. The van der Waals surface area contributed by atoms with E-state index in [1.54, 1.807) is 43.6 Å². The Kier molecular flexibility index (Phi) is 4.72. The van der Waals surface area contributed by atoms with E-state index in [0.29, 0.717) is 17.1 Å². The molecule has 0 bridgehead atoms. The number of hydrogen-bond donors (Lipinski definition) is 2. The van der Waals surface area contributed by atoms with Crippen LogP contribution in [-0.2, 0) is 4.79 Å². The number of benzene rings is 1. The number of anilines is 2. The van der Waals surface area contributed by atoms with E-state index in [-0.39, 0.29) is 12.5 Å². The third-order valence-electron chi connectivity index (χ3n) is 2.64. The van der Waals surface area contributed by atoms with E-state index < -0.39 is 0 Å². The molecule has 0 fully saturated rings. The average molecular weight is 282 g/mol. The fourth-order valence-corrected chi connectivity index (χ4v) is 1.60. The van der Waals surface area contributed by atoms with Gasteiger partial charge in [0.2, 0.25) is 0 Å². The van der Waals surface area contributed by atoms with Crippen LogP contribution in [-0.4, -0.2) is 24.5 Å². The van der Waals surface area contributed by atoms with Crippen molar-refractivity contribution in [2.24, 2.45) is 0 Å². The number of aromatic nitrogens is 1. The molecule has 1 aromatic carbocycles. The van der Waals surface area contributed by atoms with Crippen LogP contribution in [0.4, 0.5) is 11.5 Å². The zero-order valence-electron chi connectivity index (χ0n) is 11.5. The van der Waals surface area contributed by atoms with E-state index in [2.05, 4.69) is 21.7 Å². The number of nitrogens with one attached hydrogen (secondary N) is 2. The van der Waals surface area contributed by atoms with Gasteiger partial charge in [0.05, 0.1) is 11.6 Å². The Morgan fingerprint density at radius 3 is 3.00 bits per heavy atom. The maximum atomic E-state index is 11.1. The maximum absolute atomic E-state index is 11.1. The van der Waals surface area contributed by atoms with Crippen molar-refractivity contribution in [3.63, 3.8) is 0 Å². The molecule has 6 nitrogen and oxygen atoms in total. The molecule has 0 saturated heterocycles. The van der Waals surface area contributed by atoms with Crippen LogP contribution in [0.2, 0.25) is 0 Å². The molecular weight excluding hydrogens is 268 g/mol. The first-order chi connectivity index (χ1) is 10.2. The van der Waals surface area contributed by atoms with Gasteiger partial charge in [0, 0.05) is 25.0 Å². The summed E-state index contributed by atoms with van der Waals surface area (Å²) in [5.74, 6) is 0.939. The highest BCUT2D eigenvalue weighted by Gasteiger charge is 2.02. The van der Waals surface area contributed by atoms with Gasteiger partial charge in [0.15, 0.2) is 6.61 Å². The highest BCUT2D eigenvalue weighted by Crippen LogP contribution is 2.20. The highest BCUT2D eigenvalue weighted by atomic mass is 16.5. The van der Waals surface area contributed by atoms with Gasteiger partial charge >= 0.3 is 0 Å². The number of rotatable bonds is 5. The minimum absolute atomic E-state index is 0.0396. The molecule has 0 aliphatic carbocycles. The summed E-state index contributed by atoms with van der Waals surface area (Å²) in [7, 11) is 1.55. The van der Waals surface area contributed by atoms with Gasteiger partial charge in [-0.2, -0.15) is 5.26 Å². The Morgan fingerprint density at radius 2 is 2.24 bits per heavy atom. The molecular formula is C15H14N4O2. The van der Waals surface area contributed by atoms with E-state index in [1.165, 1.54) is 0 Å². The van der Waals surface area contributed by atoms with E-state index >= 15 is 0 Å². The van der Waals surface area contributed by atoms with Crippen LogP contribution in [0.25, 0.3) is 0 Å². The lowest BCUT2D eigenvalue weighted by Gasteiger charge is -2.09. The SMILES string of the molecule is CNC(=O)COc1cccc(Nc2cc(C#N)ccn2)c1. The Balaban J connectivity index is 2.07. The highest BCUT2D eigenvalue weighted by molar-refractivity contribution is 5.77. The molecule has 0 radical (unpaired) electrons. The van der Waals surface area contributed by atoms with Gasteiger partial charge in [-0.1, -0.05) is 6.07 Å². The summed E-state index contributed by atoms with van der Waals surface area (Å²) in [6.07, 6.45) is 1.56. The molecule has 1 aromatic heterocycles. The van der Waals surface area contributed by atoms with Crippen LogP contribution in [0.15, 0.2) is 42.6 Å². The van der Waals surface area contributed by atoms with Crippen molar-refractivity contribution in [3.05, 3.63) is 48.2 Å². The number of carbonyl (C=O) groups excluding carboxylic acids is 1. The normalized spacial score (nSPS) is 9.52. The third-order valence-corrected chi connectivity index (χ3v) is 2.64. The zero-order chi connectivity index (χ0) is 15.1. The summed E-state index contributed by atoms with van der Waals surface area (Å²) in [5.41, 5.74) is 1.28. The Morgan fingerprint density at radius 1 is 1.38 bits per heavy atom. The lowest BCUT2D eigenvalue weighted by molar-refractivity contribution is -0.122. The van der Waals surface area contributed by atoms with E-state index in [9.17, 15) is 4.79 Å². The predicted molar refractivity (Wildman–Crippen MR) is 78.2 cm³/mol. The number of hydrogen-bond acceptors (Lipinski definition) is 5. The lowest BCUT2D eigenvalue weighted by Crippen LogP contribution is -2.24. The number of nitrogens with zero attached hydrogens (tertiary/aromatic N) is 2. The lowest BCUT2D eigenvalue weighted by atomic mass is 10.2. The number of carbonyl (C=O) groups is 1. The van der Waals surface area contributed by atoms with Crippen LogP contribution in [0.1, 0.15) is 5.56 Å². The van der Waals surface area contributed by atoms with Crippen LogP contribution >= 0.6 is 0 Å². The van der Waals surface area contributed by atoms with Gasteiger partial charge in [-0.3, -0.25) is 4.79 Å². The third kappa shape index (κ3) is 4.21. The quantitative estimate of drug-likeness (QED) is 0.873. The standard InChI is InChI=1S/C15H14N4O2/c1-17-15(20)10-21-13-4-2-3-12(8-13)19-14-7-11(9-16)5-6-18-14/h2-8H,10H2,1H3,(H,17,20)(H,18,19). The van der Waals surface area contributed by atoms with Crippen molar-refractivity contribution in [1.29, 1.82) is 5.26 Å². The molecule has 106 valence electrons. The topological polar surface area (TPSA) is 87.0 Å². The molecule has 1 amide bonds. The first kappa shape index (κ1) is 14.3. The molecule has 0 aliphatic rings. The molecule has 0 spiro atoms. The molecule has 0 aliphatic heterocycles. The summed E-state index contributed by atoms with van der Waals surface area (Å²) in [5, 5.41) is 14.4. The van der Waals surface area contributed by atoms with Gasteiger partial charge < -0.3 is 15.4 Å². The number of nitriles is 1. The monoisotopic (exact) mass is 282 g/mol. The first-order valence-corrected chi connectivity index (χ1v) is 6.28. The fraction of sp³-hybridized carbons (Fsp3) is 0.133. The number of pyridine rings is 1. The summed E-state index contributed by atoms with van der Waals surface area (Å²) in [6.45, 7) is -0.0396. The maximum Gasteiger partial charge on any atom is 0.257 e. The largest absolute Gasteiger partial charge is 0.484 e. The van der Waals surface area contributed by atoms with Crippen molar-refractivity contribution >= 4 is 17.4 Å².